The van der Waals surface area contributed by atoms with Gasteiger partial charge in [-0.15, -0.1) is 11.3 Å². The average Bonchev–Trinajstić information content (AvgIpc) is 2.63. The number of anilines is 1. The van der Waals surface area contributed by atoms with Gasteiger partial charge in [-0.25, -0.2) is 4.39 Å². The van der Waals surface area contributed by atoms with E-state index in [1.54, 1.807) is 17.4 Å². The number of nitrogens with one attached hydrogen (secondary N) is 1. The van der Waals surface area contributed by atoms with Gasteiger partial charge in [0.1, 0.15) is 5.82 Å². The molecule has 16 heavy (non-hydrogen) atoms. The number of hydrogen-bond acceptors (Lipinski definition) is 2. The smallest absolute Gasteiger partial charge is 0.124 e. The van der Waals surface area contributed by atoms with Crippen molar-refractivity contribution >= 4 is 44.6 Å². The molecule has 0 radical (unpaired) electrons. The monoisotopic (exact) mass is 319 g/mol. The van der Waals surface area contributed by atoms with Gasteiger partial charge in [0.05, 0.1) is 5.02 Å². The van der Waals surface area contributed by atoms with Crippen LogP contribution in [-0.4, -0.2) is 0 Å². The Hall–Kier alpha value is -0.580. The molecule has 1 heterocycles. The molecule has 2 aromatic rings. The van der Waals surface area contributed by atoms with Crippen molar-refractivity contribution in [2.45, 2.75) is 6.54 Å². The average molecular weight is 321 g/mol. The first-order valence-corrected chi connectivity index (χ1v) is 6.62. The van der Waals surface area contributed by atoms with Gasteiger partial charge in [-0.2, -0.15) is 0 Å². The van der Waals surface area contributed by atoms with Crippen molar-refractivity contribution < 1.29 is 4.39 Å². The molecule has 0 aliphatic carbocycles. The summed E-state index contributed by atoms with van der Waals surface area (Å²) in [6.45, 7) is 0.682. The van der Waals surface area contributed by atoms with E-state index >= 15 is 0 Å². The molecule has 0 spiro atoms. The van der Waals surface area contributed by atoms with Crippen LogP contribution in [0.4, 0.5) is 10.1 Å². The lowest BCUT2D eigenvalue weighted by molar-refractivity contribution is 0.627. The van der Waals surface area contributed by atoms with Crippen molar-refractivity contribution in [3.63, 3.8) is 0 Å². The topological polar surface area (TPSA) is 12.0 Å². The van der Waals surface area contributed by atoms with E-state index in [1.165, 1.54) is 12.1 Å². The summed E-state index contributed by atoms with van der Waals surface area (Å²) in [6.07, 6.45) is 0. The predicted molar refractivity (Wildman–Crippen MR) is 70.8 cm³/mol. The number of rotatable bonds is 3. The summed E-state index contributed by atoms with van der Waals surface area (Å²) in [5.41, 5.74) is 0.867. The normalized spacial score (nSPS) is 10.4. The Balaban J connectivity index is 2.04. The maximum atomic E-state index is 12.8. The van der Waals surface area contributed by atoms with Gasteiger partial charge in [0, 0.05) is 27.0 Å². The van der Waals surface area contributed by atoms with Crippen LogP contribution in [-0.2, 0) is 6.54 Å². The van der Waals surface area contributed by atoms with E-state index < -0.39 is 0 Å². The predicted octanol–water partition coefficient (Wildman–Crippen LogP) is 4.92. The van der Waals surface area contributed by atoms with Crippen molar-refractivity contribution in [1.82, 2.24) is 0 Å². The molecule has 0 amide bonds. The standard InChI is InChI=1S/C11H8BrClFNS/c12-10-4-8(14)1-2-11(10)15-5-9-3-7(13)6-16-9/h1-4,6,15H,5H2. The van der Waals surface area contributed by atoms with E-state index in [9.17, 15) is 4.39 Å². The lowest BCUT2D eigenvalue weighted by Crippen LogP contribution is -1.98. The van der Waals surface area contributed by atoms with Crippen LogP contribution in [0.1, 0.15) is 4.88 Å². The number of benzene rings is 1. The molecule has 0 saturated carbocycles. The molecule has 1 N–H and O–H groups in total. The molecule has 1 aromatic carbocycles. The summed E-state index contributed by atoms with van der Waals surface area (Å²) in [5, 5.41) is 5.85. The lowest BCUT2D eigenvalue weighted by atomic mass is 10.3. The van der Waals surface area contributed by atoms with Crippen LogP contribution in [0, 0.1) is 5.82 Å². The molecule has 0 unspecified atom stereocenters. The zero-order valence-electron chi connectivity index (χ0n) is 8.14. The Labute approximate surface area is 110 Å². The van der Waals surface area contributed by atoms with Gasteiger partial charge < -0.3 is 5.32 Å². The minimum atomic E-state index is -0.253. The highest BCUT2D eigenvalue weighted by Gasteiger charge is 2.02. The summed E-state index contributed by atoms with van der Waals surface area (Å²) in [7, 11) is 0. The van der Waals surface area contributed by atoms with Gasteiger partial charge in [0.2, 0.25) is 0 Å². The Morgan fingerprint density at radius 2 is 2.19 bits per heavy atom. The minimum Gasteiger partial charge on any atom is -0.379 e. The fraction of sp³-hybridized carbons (Fsp3) is 0.0909. The van der Waals surface area contributed by atoms with Gasteiger partial charge in [-0.05, 0) is 40.2 Å². The third-order valence-electron chi connectivity index (χ3n) is 2.01. The van der Waals surface area contributed by atoms with Crippen LogP contribution in [0.2, 0.25) is 5.02 Å². The molecule has 1 nitrogen and oxygen atoms in total. The SMILES string of the molecule is Fc1ccc(NCc2cc(Cl)cs2)c(Br)c1. The number of thiophene rings is 1. The van der Waals surface area contributed by atoms with Gasteiger partial charge in [-0.3, -0.25) is 0 Å². The first-order valence-electron chi connectivity index (χ1n) is 4.57. The Morgan fingerprint density at radius 3 is 2.81 bits per heavy atom. The zero-order chi connectivity index (χ0) is 11.5. The van der Waals surface area contributed by atoms with Crippen LogP contribution >= 0.6 is 38.9 Å². The third-order valence-corrected chi connectivity index (χ3v) is 3.95. The fourth-order valence-corrected chi connectivity index (χ4v) is 2.77. The van der Waals surface area contributed by atoms with Crippen molar-refractivity contribution in [2.24, 2.45) is 0 Å². The second-order valence-corrected chi connectivity index (χ2v) is 5.50. The molecule has 0 saturated heterocycles. The van der Waals surface area contributed by atoms with Crippen LogP contribution in [0.5, 0.6) is 0 Å². The van der Waals surface area contributed by atoms with Gasteiger partial charge in [-0.1, -0.05) is 11.6 Å². The van der Waals surface area contributed by atoms with Crippen molar-refractivity contribution in [2.75, 3.05) is 5.32 Å². The molecule has 1 aromatic heterocycles. The molecule has 5 heteroatoms. The van der Waals surface area contributed by atoms with Crippen LogP contribution < -0.4 is 5.32 Å². The Kier molecular flexibility index (Phi) is 3.84. The van der Waals surface area contributed by atoms with Gasteiger partial charge >= 0.3 is 0 Å². The molecule has 0 atom stereocenters. The second kappa shape index (κ2) is 5.17. The summed E-state index contributed by atoms with van der Waals surface area (Å²) in [5.74, 6) is -0.253. The summed E-state index contributed by atoms with van der Waals surface area (Å²) >= 11 is 10.7. The molecule has 0 bridgehead atoms. The maximum absolute atomic E-state index is 12.8. The quantitative estimate of drug-likeness (QED) is 0.847. The van der Waals surface area contributed by atoms with Crippen LogP contribution in [0.15, 0.2) is 34.1 Å². The van der Waals surface area contributed by atoms with E-state index in [2.05, 4.69) is 21.2 Å². The van der Waals surface area contributed by atoms with E-state index in [-0.39, 0.29) is 5.82 Å². The highest BCUT2D eigenvalue weighted by Crippen LogP contribution is 2.25. The first kappa shape index (κ1) is 11.9. The second-order valence-electron chi connectivity index (χ2n) is 3.21. The summed E-state index contributed by atoms with van der Waals surface area (Å²) in [6, 6.07) is 6.48. The molecule has 84 valence electrons. The van der Waals surface area contributed by atoms with E-state index in [0.29, 0.717) is 6.54 Å². The first-order chi connectivity index (χ1) is 7.65. The Bertz CT molecular complexity index is 500. The van der Waals surface area contributed by atoms with E-state index in [4.69, 9.17) is 11.6 Å². The highest BCUT2D eigenvalue weighted by molar-refractivity contribution is 9.10. The number of hydrogen-bond donors (Lipinski definition) is 1. The van der Waals surface area contributed by atoms with Crippen LogP contribution in [0.25, 0.3) is 0 Å². The maximum Gasteiger partial charge on any atom is 0.124 e. The van der Waals surface area contributed by atoms with Gasteiger partial charge in [0.25, 0.3) is 0 Å². The lowest BCUT2D eigenvalue weighted by Gasteiger charge is -2.06. The zero-order valence-corrected chi connectivity index (χ0v) is 11.3. The van der Waals surface area contributed by atoms with E-state index in [0.717, 1.165) is 20.1 Å². The fourth-order valence-electron chi connectivity index (χ4n) is 1.26. The summed E-state index contributed by atoms with van der Waals surface area (Å²) < 4.78 is 13.6. The minimum absolute atomic E-state index is 0.253. The molecule has 2 rings (SSSR count). The Morgan fingerprint density at radius 1 is 1.38 bits per heavy atom. The van der Waals surface area contributed by atoms with Crippen molar-refractivity contribution in [3.05, 3.63) is 49.8 Å². The molecule has 0 aliphatic heterocycles. The van der Waals surface area contributed by atoms with Crippen molar-refractivity contribution in [3.8, 4) is 0 Å². The largest absolute Gasteiger partial charge is 0.379 e. The molecular weight excluding hydrogens is 313 g/mol. The molecule has 0 fully saturated rings. The molecule has 0 aliphatic rings. The van der Waals surface area contributed by atoms with Gasteiger partial charge in [0.15, 0.2) is 0 Å². The van der Waals surface area contributed by atoms with E-state index in [1.807, 2.05) is 11.4 Å². The van der Waals surface area contributed by atoms with Crippen molar-refractivity contribution in [1.29, 1.82) is 0 Å². The highest BCUT2D eigenvalue weighted by atomic mass is 79.9. The summed E-state index contributed by atoms with van der Waals surface area (Å²) in [4.78, 5) is 1.14. The molecular formula is C11H8BrClFNS. The number of halogens is 3. The third kappa shape index (κ3) is 2.97. The van der Waals surface area contributed by atoms with Crippen LogP contribution in [0.3, 0.4) is 0 Å².